The molecule has 0 aliphatic heterocycles. The highest BCUT2D eigenvalue weighted by atomic mass is 32.2. The molecule has 0 amide bonds. The van der Waals surface area contributed by atoms with Crippen LogP contribution in [0.5, 0.6) is 11.5 Å². The van der Waals surface area contributed by atoms with E-state index in [-0.39, 0.29) is 17.2 Å². The molecule has 0 atom stereocenters. The van der Waals surface area contributed by atoms with Gasteiger partial charge in [-0.15, -0.1) is 10.2 Å². The highest BCUT2D eigenvalue weighted by Gasteiger charge is 2.20. The Bertz CT molecular complexity index is 1100. The third-order valence-electron chi connectivity index (χ3n) is 4.16. The van der Waals surface area contributed by atoms with Crippen molar-refractivity contribution in [3.63, 3.8) is 0 Å². The fraction of sp³-hybridized carbons (Fsp3) is 0.286. The van der Waals surface area contributed by atoms with Crippen LogP contribution in [-0.2, 0) is 10.0 Å². The number of sulfonamides is 1. The van der Waals surface area contributed by atoms with Crippen LogP contribution in [-0.4, -0.2) is 49.9 Å². The van der Waals surface area contributed by atoms with Gasteiger partial charge in [0.05, 0.1) is 13.2 Å². The zero-order valence-electron chi connectivity index (χ0n) is 17.9. The summed E-state index contributed by atoms with van der Waals surface area (Å²) in [6, 6.07) is 11.8. The van der Waals surface area contributed by atoms with Crippen LogP contribution in [0.3, 0.4) is 0 Å². The number of pyridine rings is 1. The lowest BCUT2D eigenvalue weighted by Gasteiger charge is -2.14. The molecule has 170 valence electrons. The number of rotatable bonds is 12. The second-order valence-corrected chi connectivity index (χ2v) is 8.20. The highest BCUT2D eigenvalue weighted by molar-refractivity contribution is 7.89. The number of ether oxygens (including phenoxy) is 2. The van der Waals surface area contributed by atoms with Gasteiger partial charge in [0.2, 0.25) is 10.0 Å². The summed E-state index contributed by atoms with van der Waals surface area (Å²) in [5.41, 5.74) is 0.852. The van der Waals surface area contributed by atoms with Gasteiger partial charge in [-0.2, -0.15) is 0 Å². The van der Waals surface area contributed by atoms with Crippen molar-refractivity contribution in [3.8, 4) is 11.5 Å². The van der Waals surface area contributed by atoms with E-state index in [4.69, 9.17) is 9.47 Å². The maximum atomic E-state index is 12.7. The zero-order valence-corrected chi connectivity index (χ0v) is 18.7. The van der Waals surface area contributed by atoms with E-state index in [0.717, 1.165) is 5.69 Å². The minimum absolute atomic E-state index is 0.0640. The molecule has 3 aromatic rings. The van der Waals surface area contributed by atoms with Crippen LogP contribution in [0.4, 0.5) is 17.3 Å². The topological polar surface area (TPSA) is 127 Å². The first kappa shape index (κ1) is 23.2. The predicted molar refractivity (Wildman–Crippen MR) is 122 cm³/mol. The van der Waals surface area contributed by atoms with E-state index in [0.29, 0.717) is 37.1 Å². The molecular formula is C21H26N6O4S. The smallest absolute Gasteiger partial charge is 0.244 e. The molecule has 0 bridgehead atoms. The van der Waals surface area contributed by atoms with Crippen molar-refractivity contribution >= 4 is 27.3 Å². The first-order chi connectivity index (χ1) is 15.5. The van der Waals surface area contributed by atoms with Crippen LogP contribution in [0.15, 0.2) is 59.8 Å². The molecule has 0 spiro atoms. The molecular weight excluding hydrogens is 432 g/mol. The minimum atomic E-state index is -3.76. The summed E-state index contributed by atoms with van der Waals surface area (Å²) in [4.78, 5) is 4.02. The molecule has 32 heavy (non-hydrogen) atoms. The molecule has 0 fully saturated rings. The SMILES string of the molecule is CCOc1ccc(S(=O)(=O)NCCNc2ccc(Nc3ccncc3)nn2)c(OCC)c1. The lowest BCUT2D eigenvalue weighted by atomic mass is 10.3. The van der Waals surface area contributed by atoms with Crippen LogP contribution in [0.1, 0.15) is 13.8 Å². The van der Waals surface area contributed by atoms with Gasteiger partial charge in [-0.3, -0.25) is 4.98 Å². The van der Waals surface area contributed by atoms with Crippen LogP contribution in [0.25, 0.3) is 0 Å². The van der Waals surface area contributed by atoms with Gasteiger partial charge in [-0.1, -0.05) is 0 Å². The molecule has 0 saturated heterocycles. The number of nitrogens with zero attached hydrogens (tertiary/aromatic N) is 3. The van der Waals surface area contributed by atoms with Crippen molar-refractivity contribution in [1.29, 1.82) is 0 Å². The zero-order chi connectivity index (χ0) is 22.8. The fourth-order valence-corrected chi connectivity index (χ4v) is 3.92. The lowest BCUT2D eigenvalue weighted by molar-refractivity contribution is 0.317. The fourth-order valence-electron chi connectivity index (χ4n) is 2.77. The highest BCUT2D eigenvalue weighted by Crippen LogP contribution is 2.28. The second kappa shape index (κ2) is 11.3. The summed E-state index contributed by atoms with van der Waals surface area (Å²) < 4.78 is 38.9. The number of anilines is 3. The Morgan fingerprint density at radius 2 is 1.59 bits per heavy atom. The molecule has 11 heteroatoms. The molecule has 0 unspecified atom stereocenters. The van der Waals surface area contributed by atoms with E-state index in [2.05, 4.69) is 30.5 Å². The largest absolute Gasteiger partial charge is 0.494 e. The number of benzene rings is 1. The first-order valence-electron chi connectivity index (χ1n) is 10.2. The Balaban J connectivity index is 1.53. The van der Waals surface area contributed by atoms with Crippen LogP contribution in [0.2, 0.25) is 0 Å². The van der Waals surface area contributed by atoms with Crippen molar-refractivity contribution in [2.24, 2.45) is 0 Å². The molecule has 10 nitrogen and oxygen atoms in total. The molecule has 2 aromatic heterocycles. The number of hydrogen-bond donors (Lipinski definition) is 3. The van der Waals surface area contributed by atoms with Crippen LogP contribution in [0, 0.1) is 0 Å². The standard InChI is InChI=1S/C21H26N6O4S/c1-3-30-17-5-6-19(18(15-17)31-4-2)32(28,29)24-14-13-23-20-7-8-21(27-26-20)25-16-9-11-22-12-10-16/h5-12,15,24H,3-4,13-14H2,1-2H3,(H,23,26)(H,22,25,27). The molecule has 2 heterocycles. The molecule has 0 saturated carbocycles. The summed E-state index contributed by atoms with van der Waals surface area (Å²) >= 11 is 0. The Hall–Kier alpha value is -3.44. The van der Waals surface area contributed by atoms with Crippen molar-refractivity contribution in [2.75, 3.05) is 36.9 Å². The van der Waals surface area contributed by atoms with Gasteiger partial charge >= 0.3 is 0 Å². The quantitative estimate of drug-likeness (QED) is 0.351. The molecule has 3 rings (SSSR count). The average Bonchev–Trinajstić information content (AvgIpc) is 2.79. The third kappa shape index (κ3) is 6.53. The summed E-state index contributed by atoms with van der Waals surface area (Å²) in [7, 11) is -3.76. The maximum absolute atomic E-state index is 12.7. The first-order valence-corrected chi connectivity index (χ1v) is 11.6. The van der Waals surface area contributed by atoms with E-state index >= 15 is 0 Å². The van der Waals surface area contributed by atoms with E-state index in [1.165, 1.54) is 6.07 Å². The number of nitrogens with one attached hydrogen (secondary N) is 3. The Morgan fingerprint density at radius 1 is 0.875 bits per heavy atom. The summed E-state index contributed by atoms with van der Waals surface area (Å²) in [5.74, 6) is 1.92. The van der Waals surface area contributed by atoms with Crippen LogP contribution >= 0.6 is 0 Å². The van der Waals surface area contributed by atoms with E-state index in [1.54, 1.807) is 43.6 Å². The summed E-state index contributed by atoms with van der Waals surface area (Å²) in [6.07, 6.45) is 3.36. The van der Waals surface area contributed by atoms with Gasteiger partial charge in [-0.05, 0) is 50.2 Å². The summed E-state index contributed by atoms with van der Waals surface area (Å²) in [5, 5.41) is 14.3. The number of hydrogen-bond acceptors (Lipinski definition) is 9. The Kier molecular flexibility index (Phi) is 8.17. The van der Waals surface area contributed by atoms with E-state index in [9.17, 15) is 8.42 Å². The van der Waals surface area contributed by atoms with Crippen molar-refractivity contribution in [2.45, 2.75) is 18.7 Å². The third-order valence-corrected chi connectivity index (χ3v) is 5.66. The molecule has 3 N–H and O–H groups in total. The second-order valence-electron chi connectivity index (χ2n) is 6.46. The van der Waals surface area contributed by atoms with E-state index in [1.807, 2.05) is 19.1 Å². The van der Waals surface area contributed by atoms with Gasteiger partial charge in [0.15, 0.2) is 5.82 Å². The molecule has 0 aliphatic carbocycles. The van der Waals surface area contributed by atoms with Crippen molar-refractivity contribution in [1.82, 2.24) is 19.9 Å². The van der Waals surface area contributed by atoms with Crippen LogP contribution < -0.4 is 24.8 Å². The van der Waals surface area contributed by atoms with Gasteiger partial charge < -0.3 is 20.1 Å². The normalized spacial score (nSPS) is 11.1. The van der Waals surface area contributed by atoms with E-state index < -0.39 is 10.0 Å². The lowest BCUT2D eigenvalue weighted by Crippen LogP contribution is -2.29. The summed E-state index contributed by atoms with van der Waals surface area (Å²) in [6.45, 7) is 4.94. The van der Waals surface area contributed by atoms with Gasteiger partial charge in [0.25, 0.3) is 0 Å². The average molecular weight is 459 g/mol. The van der Waals surface area contributed by atoms with Gasteiger partial charge in [-0.25, -0.2) is 13.1 Å². The monoisotopic (exact) mass is 458 g/mol. The van der Waals surface area contributed by atoms with Crippen molar-refractivity contribution < 1.29 is 17.9 Å². The van der Waals surface area contributed by atoms with Crippen molar-refractivity contribution in [3.05, 3.63) is 54.9 Å². The molecule has 1 aromatic carbocycles. The molecule has 0 radical (unpaired) electrons. The molecule has 0 aliphatic rings. The predicted octanol–water partition coefficient (Wildman–Crippen LogP) is 2.80. The van der Waals surface area contributed by atoms with Gasteiger partial charge in [0.1, 0.15) is 22.2 Å². The van der Waals surface area contributed by atoms with Gasteiger partial charge in [0, 0.05) is 37.2 Å². The maximum Gasteiger partial charge on any atom is 0.244 e. The minimum Gasteiger partial charge on any atom is -0.494 e. The Morgan fingerprint density at radius 3 is 2.28 bits per heavy atom. The number of aromatic nitrogens is 3. The Labute approximate surface area is 187 Å².